The van der Waals surface area contributed by atoms with Crippen LogP contribution in [0.2, 0.25) is 0 Å². The van der Waals surface area contributed by atoms with Crippen LogP contribution in [0.25, 0.3) is 0 Å². The minimum absolute atomic E-state index is 0.0876. The molecule has 0 bridgehead atoms. The standard InChI is InChI=1S/C14H14BrNO2/c1-10(17)12-5-6-16(9-12)8-11-3-4-14(18-2)13(15)7-11/h3-7,9H,8H2,1-2H3. The molecule has 1 aromatic carbocycles. The molecule has 18 heavy (non-hydrogen) atoms. The van der Waals surface area contributed by atoms with Crippen molar-refractivity contribution in [1.29, 1.82) is 0 Å². The number of ketones is 1. The maximum Gasteiger partial charge on any atom is 0.161 e. The first-order valence-electron chi connectivity index (χ1n) is 5.59. The number of carbonyl (C=O) groups excluding carboxylic acids is 1. The van der Waals surface area contributed by atoms with Gasteiger partial charge in [0.2, 0.25) is 0 Å². The minimum atomic E-state index is 0.0876. The second-order valence-corrected chi connectivity index (χ2v) is 4.95. The molecule has 94 valence electrons. The topological polar surface area (TPSA) is 31.2 Å². The Morgan fingerprint density at radius 2 is 2.17 bits per heavy atom. The summed E-state index contributed by atoms with van der Waals surface area (Å²) in [5, 5.41) is 0. The molecule has 2 aromatic rings. The van der Waals surface area contributed by atoms with Crippen molar-refractivity contribution < 1.29 is 9.53 Å². The smallest absolute Gasteiger partial charge is 0.161 e. The van der Waals surface area contributed by atoms with Gasteiger partial charge in [-0.25, -0.2) is 0 Å². The Kier molecular flexibility index (Phi) is 3.87. The number of hydrogen-bond donors (Lipinski definition) is 0. The lowest BCUT2D eigenvalue weighted by Gasteiger charge is -2.07. The van der Waals surface area contributed by atoms with Gasteiger partial charge in [-0.05, 0) is 46.6 Å². The summed E-state index contributed by atoms with van der Waals surface area (Å²) in [7, 11) is 1.64. The molecule has 3 nitrogen and oxygen atoms in total. The average Bonchev–Trinajstić information content (AvgIpc) is 2.78. The number of aromatic nitrogens is 1. The maximum atomic E-state index is 11.2. The van der Waals surface area contributed by atoms with E-state index in [1.54, 1.807) is 14.0 Å². The number of rotatable bonds is 4. The highest BCUT2D eigenvalue weighted by Gasteiger charge is 2.04. The number of nitrogens with zero attached hydrogens (tertiary/aromatic N) is 1. The summed E-state index contributed by atoms with van der Waals surface area (Å²) in [4.78, 5) is 11.2. The van der Waals surface area contributed by atoms with Crippen molar-refractivity contribution in [3.05, 3.63) is 52.3 Å². The summed E-state index contributed by atoms with van der Waals surface area (Å²) >= 11 is 3.46. The van der Waals surface area contributed by atoms with Crippen LogP contribution in [-0.4, -0.2) is 17.5 Å². The van der Waals surface area contributed by atoms with Gasteiger partial charge in [-0.3, -0.25) is 4.79 Å². The van der Waals surface area contributed by atoms with Gasteiger partial charge in [0.1, 0.15) is 5.75 Å². The zero-order chi connectivity index (χ0) is 13.1. The van der Waals surface area contributed by atoms with E-state index in [-0.39, 0.29) is 5.78 Å². The number of benzene rings is 1. The summed E-state index contributed by atoms with van der Waals surface area (Å²) in [6.45, 7) is 2.31. The Morgan fingerprint density at radius 1 is 1.39 bits per heavy atom. The zero-order valence-corrected chi connectivity index (χ0v) is 11.9. The Morgan fingerprint density at radius 3 is 2.72 bits per heavy atom. The zero-order valence-electron chi connectivity index (χ0n) is 10.3. The molecule has 0 N–H and O–H groups in total. The van der Waals surface area contributed by atoms with Crippen LogP contribution < -0.4 is 4.74 Å². The first kappa shape index (κ1) is 12.9. The molecule has 0 spiro atoms. The molecule has 0 fully saturated rings. The van der Waals surface area contributed by atoms with Gasteiger partial charge in [-0.1, -0.05) is 6.07 Å². The Balaban J connectivity index is 2.18. The highest BCUT2D eigenvalue weighted by atomic mass is 79.9. The van der Waals surface area contributed by atoms with E-state index in [0.717, 1.165) is 27.9 Å². The van der Waals surface area contributed by atoms with E-state index in [4.69, 9.17) is 4.74 Å². The van der Waals surface area contributed by atoms with Crippen LogP contribution in [0, 0.1) is 0 Å². The van der Waals surface area contributed by atoms with E-state index in [2.05, 4.69) is 15.9 Å². The van der Waals surface area contributed by atoms with Crippen molar-refractivity contribution in [1.82, 2.24) is 4.57 Å². The fourth-order valence-corrected chi connectivity index (χ4v) is 2.35. The van der Waals surface area contributed by atoms with Crippen molar-refractivity contribution in [2.24, 2.45) is 0 Å². The lowest BCUT2D eigenvalue weighted by atomic mass is 10.2. The van der Waals surface area contributed by atoms with Gasteiger partial charge >= 0.3 is 0 Å². The minimum Gasteiger partial charge on any atom is -0.496 e. The van der Waals surface area contributed by atoms with Crippen LogP contribution in [0.4, 0.5) is 0 Å². The Labute approximate surface area is 115 Å². The summed E-state index contributed by atoms with van der Waals surface area (Å²) in [6, 6.07) is 7.79. The van der Waals surface area contributed by atoms with Gasteiger partial charge in [0, 0.05) is 24.5 Å². The van der Waals surface area contributed by atoms with E-state index in [1.807, 2.05) is 41.2 Å². The van der Waals surface area contributed by atoms with E-state index in [9.17, 15) is 4.79 Å². The summed E-state index contributed by atoms with van der Waals surface area (Å²) < 4.78 is 8.11. The summed E-state index contributed by atoms with van der Waals surface area (Å²) in [6.07, 6.45) is 3.77. The second kappa shape index (κ2) is 5.40. The quantitative estimate of drug-likeness (QED) is 0.809. The van der Waals surface area contributed by atoms with Crippen LogP contribution in [0.3, 0.4) is 0 Å². The maximum absolute atomic E-state index is 11.2. The normalized spacial score (nSPS) is 10.4. The molecule has 0 aliphatic heterocycles. The number of carbonyl (C=O) groups is 1. The van der Waals surface area contributed by atoms with Gasteiger partial charge in [0.05, 0.1) is 11.6 Å². The molecule has 0 saturated heterocycles. The first-order valence-corrected chi connectivity index (χ1v) is 6.38. The summed E-state index contributed by atoms with van der Waals surface area (Å²) in [5.41, 5.74) is 1.89. The molecule has 0 amide bonds. The van der Waals surface area contributed by atoms with E-state index >= 15 is 0 Å². The molecule has 0 radical (unpaired) electrons. The van der Waals surface area contributed by atoms with Crippen molar-refractivity contribution in [2.45, 2.75) is 13.5 Å². The van der Waals surface area contributed by atoms with Gasteiger partial charge in [-0.15, -0.1) is 0 Å². The van der Waals surface area contributed by atoms with Crippen LogP contribution in [0.1, 0.15) is 22.8 Å². The van der Waals surface area contributed by atoms with E-state index < -0.39 is 0 Å². The molecule has 2 rings (SSSR count). The molecule has 0 unspecified atom stereocenters. The molecular weight excluding hydrogens is 294 g/mol. The van der Waals surface area contributed by atoms with Crippen LogP contribution in [-0.2, 0) is 6.54 Å². The largest absolute Gasteiger partial charge is 0.496 e. The number of Topliss-reactive ketones (excluding diaryl/α,β-unsaturated/α-hetero) is 1. The van der Waals surface area contributed by atoms with Crippen molar-refractivity contribution in [3.8, 4) is 5.75 Å². The van der Waals surface area contributed by atoms with Crippen molar-refractivity contribution in [2.75, 3.05) is 7.11 Å². The fraction of sp³-hybridized carbons (Fsp3) is 0.214. The van der Waals surface area contributed by atoms with Crippen LogP contribution in [0.15, 0.2) is 41.1 Å². The van der Waals surface area contributed by atoms with Gasteiger partial charge in [-0.2, -0.15) is 0 Å². The van der Waals surface area contributed by atoms with Gasteiger partial charge < -0.3 is 9.30 Å². The lowest BCUT2D eigenvalue weighted by Crippen LogP contribution is -1.97. The lowest BCUT2D eigenvalue weighted by molar-refractivity contribution is 0.101. The van der Waals surface area contributed by atoms with Crippen molar-refractivity contribution in [3.63, 3.8) is 0 Å². The molecule has 0 atom stereocenters. The predicted octanol–water partition coefficient (Wildman–Crippen LogP) is 3.51. The number of halogens is 1. The Hall–Kier alpha value is -1.55. The van der Waals surface area contributed by atoms with Gasteiger partial charge in [0.15, 0.2) is 5.78 Å². The van der Waals surface area contributed by atoms with Crippen molar-refractivity contribution >= 4 is 21.7 Å². The van der Waals surface area contributed by atoms with Gasteiger partial charge in [0.25, 0.3) is 0 Å². The molecule has 0 saturated carbocycles. The number of hydrogen-bond acceptors (Lipinski definition) is 2. The molecule has 4 heteroatoms. The third kappa shape index (κ3) is 2.82. The first-order chi connectivity index (χ1) is 8.60. The van der Waals surface area contributed by atoms with E-state index in [0.29, 0.717) is 0 Å². The molecule has 1 heterocycles. The molecular formula is C14H14BrNO2. The fourth-order valence-electron chi connectivity index (χ4n) is 1.77. The molecule has 0 aliphatic carbocycles. The second-order valence-electron chi connectivity index (χ2n) is 4.10. The van der Waals surface area contributed by atoms with Crippen LogP contribution >= 0.6 is 15.9 Å². The molecule has 0 aliphatic rings. The number of ether oxygens (including phenoxy) is 1. The predicted molar refractivity (Wildman–Crippen MR) is 74.2 cm³/mol. The monoisotopic (exact) mass is 307 g/mol. The SMILES string of the molecule is COc1ccc(Cn2ccc(C(C)=O)c2)cc1Br. The average molecular weight is 308 g/mol. The van der Waals surface area contributed by atoms with Crippen LogP contribution in [0.5, 0.6) is 5.75 Å². The highest BCUT2D eigenvalue weighted by Crippen LogP contribution is 2.25. The van der Waals surface area contributed by atoms with E-state index in [1.165, 1.54) is 0 Å². The highest BCUT2D eigenvalue weighted by molar-refractivity contribution is 9.10. The summed E-state index contributed by atoms with van der Waals surface area (Å²) in [5.74, 6) is 0.903. The number of methoxy groups -OCH3 is 1. The Bertz CT molecular complexity index is 575. The third-order valence-corrected chi connectivity index (χ3v) is 3.36. The molecule has 1 aromatic heterocycles. The third-order valence-electron chi connectivity index (χ3n) is 2.74.